The van der Waals surface area contributed by atoms with Crippen molar-refractivity contribution in [3.8, 4) is 5.69 Å². The van der Waals surface area contributed by atoms with E-state index in [1.54, 1.807) is 43.3 Å². The van der Waals surface area contributed by atoms with Gasteiger partial charge in [-0.25, -0.2) is 14.2 Å². The minimum absolute atomic E-state index is 0.256. The van der Waals surface area contributed by atoms with Crippen LogP contribution in [0.1, 0.15) is 18.5 Å². The smallest absolute Gasteiger partial charge is 0.336 e. The van der Waals surface area contributed by atoms with Gasteiger partial charge >= 0.3 is 11.7 Å². The summed E-state index contributed by atoms with van der Waals surface area (Å²) in [6.45, 7) is 3.20. The van der Waals surface area contributed by atoms with Gasteiger partial charge in [-0.3, -0.25) is 9.36 Å². The Morgan fingerprint density at radius 2 is 1.84 bits per heavy atom. The molecule has 1 heterocycles. The Labute approximate surface area is 147 Å². The highest BCUT2D eigenvalue weighted by Gasteiger charge is 2.22. The van der Waals surface area contributed by atoms with Crippen molar-refractivity contribution in [1.82, 2.24) is 9.13 Å². The number of halogens is 1. The number of rotatable bonds is 3. The van der Waals surface area contributed by atoms with E-state index in [0.29, 0.717) is 10.7 Å². The normalized spacial score (nSPS) is 12.3. The number of hydrogen-bond donors (Lipinski definition) is 1. The van der Waals surface area contributed by atoms with Crippen molar-refractivity contribution < 1.29 is 9.90 Å². The summed E-state index contributed by atoms with van der Waals surface area (Å²) in [4.78, 5) is 37.3. The van der Waals surface area contributed by atoms with Crippen LogP contribution < -0.4 is 11.2 Å². The summed E-state index contributed by atoms with van der Waals surface area (Å²) in [5.41, 5.74) is 0.135. The van der Waals surface area contributed by atoms with E-state index in [-0.39, 0.29) is 10.9 Å². The van der Waals surface area contributed by atoms with Crippen LogP contribution in [0.3, 0.4) is 0 Å². The minimum Gasteiger partial charge on any atom is -0.480 e. The molecule has 1 aromatic heterocycles. The molecule has 0 aliphatic rings. The lowest BCUT2D eigenvalue weighted by Gasteiger charge is -2.17. The Hall–Kier alpha value is -2.86. The first-order chi connectivity index (χ1) is 11.8. The van der Waals surface area contributed by atoms with Crippen LogP contribution in [0.15, 0.2) is 52.1 Å². The zero-order valence-corrected chi connectivity index (χ0v) is 14.3. The van der Waals surface area contributed by atoms with Crippen LogP contribution in [0.5, 0.6) is 0 Å². The van der Waals surface area contributed by atoms with Crippen LogP contribution in [-0.2, 0) is 4.79 Å². The van der Waals surface area contributed by atoms with Crippen molar-refractivity contribution in [2.45, 2.75) is 19.9 Å². The molecule has 1 N–H and O–H groups in total. The maximum atomic E-state index is 13.0. The second-order valence-corrected chi connectivity index (χ2v) is 6.17. The van der Waals surface area contributed by atoms with E-state index in [0.717, 1.165) is 14.7 Å². The van der Waals surface area contributed by atoms with Crippen molar-refractivity contribution in [3.63, 3.8) is 0 Å². The largest absolute Gasteiger partial charge is 0.480 e. The number of aryl methyl sites for hydroxylation is 1. The lowest BCUT2D eigenvalue weighted by molar-refractivity contribution is -0.140. The molecule has 6 nitrogen and oxygen atoms in total. The molecule has 3 aromatic rings. The molecule has 0 radical (unpaired) electrons. The van der Waals surface area contributed by atoms with E-state index in [4.69, 9.17) is 11.6 Å². The number of carboxylic acid groups (broad SMARTS) is 1. The standard InChI is InChI=1S/C18H15ClN2O4/c1-10-7-8-12(9-14(10)19)21-16(22)13-5-3-4-6-15(13)20(18(21)25)11(2)17(23)24/h3-9,11H,1-2H3,(H,23,24)/t11-/m0/s1. The molecule has 0 fully saturated rings. The first kappa shape index (κ1) is 17.0. The number of aliphatic carboxylic acids is 1. The quantitative estimate of drug-likeness (QED) is 0.780. The van der Waals surface area contributed by atoms with E-state index in [9.17, 15) is 19.5 Å². The summed E-state index contributed by atoms with van der Waals surface area (Å²) in [5.74, 6) is -1.17. The fourth-order valence-corrected chi connectivity index (χ4v) is 2.89. The van der Waals surface area contributed by atoms with Gasteiger partial charge in [0.25, 0.3) is 5.56 Å². The zero-order valence-electron chi connectivity index (χ0n) is 13.6. The third-order valence-electron chi connectivity index (χ3n) is 4.15. The molecule has 0 aliphatic heterocycles. The van der Waals surface area contributed by atoms with E-state index >= 15 is 0 Å². The van der Waals surface area contributed by atoms with Gasteiger partial charge in [-0.15, -0.1) is 0 Å². The first-order valence-electron chi connectivity index (χ1n) is 7.58. The highest BCUT2D eigenvalue weighted by atomic mass is 35.5. The van der Waals surface area contributed by atoms with Gasteiger partial charge < -0.3 is 5.11 Å². The fraction of sp³-hybridized carbons (Fsp3) is 0.167. The van der Waals surface area contributed by atoms with E-state index < -0.39 is 23.3 Å². The minimum atomic E-state index is -1.17. The van der Waals surface area contributed by atoms with Crippen LogP contribution in [-0.4, -0.2) is 20.2 Å². The first-order valence-corrected chi connectivity index (χ1v) is 7.96. The lowest BCUT2D eigenvalue weighted by Crippen LogP contribution is -2.41. The molecular formula is C18H15ClN2O4. The highest BCUT2D eigenvalue weighted by molar-refractivity contribution is 6.31. The fourth-order valence-electron chi connectivity index (χ4n) is 2.72. The predicted molar refractivity (Wildman–Crippen MR) is 95.9 cm³/mol. The van der Waals surface area contributed by atoms with Crippen LogP contribution in [0.4, 0.5) is 0 Å². The van der Waals surface area contributed by atoms with Crippen LogP contribution >= 0.6 is 11.6 Å². The van der Waals surface area contributed by atoms with E-state index in [1.807, 2.05) is 0 Å². The molecule has 1 atom stereocenters. The van der Waals surface area contributed by atoms with E-state index in [1.165, 1.54) is 13.0 Å². The third-order valence-corrected chi connectivity index (χ3v) is 4.56. The van der Waals surface area contributed by atoms with Crippen LogP contribution in [0, 0.1) is 6.92 Å². The molecule has 0 spiro atoms. The van der Waals surface area contributed by atoms with Crippen molar-refractivity contribution in [3.05, 3.63) is 73.9 Å². The average Bonchev–Trinajstić information content (AvgIpc) is 2.58. The Morgan fingerprint density at radius 1 is 1.16 bits per heavy atom. The summed E-state index contributed by atoms with van der Waals surface area (Å²) in [6.07, 6.45) is 0. The molecule has 25 heavy (non-hydrogen) atoms. The Morgan fingerprint density at radius 3 is 2.48 bits per heavy atom. The maximum Gasteiger partial charge on any atom is 0.336 e. The van der Waals surface area contributed by atoms with Crippen LogP contribution in [0.2, 0.25) is 5.02 Å². The molecule has 2 aromatic carbocycles. The summed E-state index contributed by atoms with van der Waals surface area (Å²) in [6, 6.07) is 10.1. The Balaban J connectivity index is 2.48. The number of benzene rings is 2. The number of hydrogen-bond acceptors (Lipinski definition) is 3. The molecule has 0 bridgehead atoms. The number of aromatic nitrogens is 2. The Kier molecular flexibility index (Phi) is 4.22. The molecule has 128 valence electrons. The lowest BCUT2D eigenvalue weighted by atomic mass is 10.2. The molecule has 0 unspecified atom stereocenters. The number of carbonyl (C=O) groups is 1. The summed E-state index contributed by atoms with van der Waals surface area (Å²) < 4.78 is 2.06. The molecule has 0 amide bonds. The second-order valence-electron chi connectivity index (χ2n) is 5.76. The maximum absolute atomic E-state index is 13.0. The van der Waals surface area contributed by atoms with Crippen molar-refractivity contribution >= 4 is 28.5 Å². The van der Waals surface area contributed by atoms with E-state index in [2.05, 4.69) is 0 Å². The summed E-state index contributed by atoms with van der Waals surface area (Å²) >= 11 is 6.12. The van der Waals surface area contributed by atoms with Gasteiger partial charge in [0.05, 0.1) is 16.6 Å². The second kappa shape index (κ2) is 6.22. The number of para-hydroxylation sites is 1. The molecule has 3 rings (SSSR count). The number of carboxylic acids is 1. The predicted octanol–water partition coefficient (Wildman–Crippen LogP) is 2.76. The van der Waals surface area contributed by atoms with Gasteiger partial charge in [0.1, 0.15) is 6.04 Å². The van der Waals surface area contributed by atoms with Gasteiger partial charge in [-0.1, -0.05) is 29.8 Å². The monoisotopic (exact) mass is 358 g/mol. The number of fused-ring (bicyclic) bond motifs is 1. The van der Waals surface area contributed by atoms with Gasteiger partial charge in [0, 0.05) is 5.02 Å². The Bertz CT molecular complexity index is 1110. The third kappa shape index (κ3) is 2.74. The molecule has 0 saturated carbocycles. The van der Waals surface area contributed by atoms with Crippen LogP contribution in [0.25, 0.3) is 16.6 Å². The molecule has 7 heteroatoms. The van der Waals surface area contributed by atoms with Gasteiger partial charge in [0.15, 0.2) is 0 Å². The number of nitrogens with zero attached hydrogens (tertiary/aromatic N) is 2. The molecule has 0 aliphatic carbocycles. The van der Waals surface area contributed by atoms with Gasteiger partial charge in [-0.2, -0.15) is 0 Å². The SMILES string of the molecule is Cc1ccc(-n2c(=O)c3ccccc3n([C@@H](C)C(=O)O)c2=O)cc1Cl. The summed E-state index contributed by atoms with van der Waals surface area (Å²) in [7, 11) is 0. The van der Waals surface area contributed by atoms with Crippen molar-refractivity contribution in [1.29, 1.82) is 0 Å². The summed E-state index contributed by atoms with van der Waals surface area (Å²) in [5, 5.41) is 10.0. The molecular weight excluding hydrogens is 344 g/mol. The average molecular weight is 359 g/mol. The van der Waals surface area contributed by atoms with Crippen molar-refractivity contribution in [2.24, 2.45) is 0 Å². The van der Waals surface area contributed by atoms with Crippen molar-refractivity contribution in [2.75, 3.05) is 0 Å². The van der Waals surface area contributed by atoms with Gasteiger partial charge in [-0.05, 0) is 43.7 Å². The zero-order chi connectivity index (χ0) is 18.3. The molecule has 0 saturated heterocycles. The van der Waals surface area contributed by atoms with Gasteiger partial charge in [0.2, 0.25) is 0 Å². The highest BCUT2D eigenvalue weighted by Crippen LogP contribution is 2.19. The topological polar surface area (TPSA) is 81.3 Å².